The molecule has 0 amide bonds. The summed E-state index contributed by atoms with van der Waals surface area (Å²) in [4.78, 5) is 25.2. The molecule has 0 aliphatic rings. The molecule has 0 atom stereocenters. The second kappa shape index (κ2) is 3.05. The van der Waals surface area contributed by atoms with Crippen molar-refractivity contribution in [3.63, 3.8) is 0 Å². The Balaban J connectivity index is 2.80. The molecule has 2 rings (SSSR count). The van der Waals surface area contributed by atoms with E-state index in [4.69, 9.17) is 10.2 Å². The molecular formula is C8H5N3O4. The molecule has 2 aromatic heterocycles. The van der Waals surface area contributed by atoms with Crippen LogP contribution in [0.2, 0.25) is 0 Å². The lowest BCUT2D eigenvalue weighted by molar-refractivity contribution is 0.0687. The highest BCUT2D eigenvalue weighted by molar-refractivity contribution is 5.92. The first kappa shape index (κ1) is 9.13. The Hall–Kier alpha value is -2.44. The van der Waals surface area contributed by atoms with Crippen LogP contribution in [-0.4, -0.2) is 36.7 Å². The zero-order valence-electron chi connectivity index (χ0n) is 7.28. The summed E-state index contributed by atoms with van der Waals surface area (Å²) >= 11 is 0. The molecule has 0 aromatic carbocycles. The summed E-state index contributed by atoms with van der Waals surface area (Å²) in [5.41, 5.74) is -0.366. The van der Waals surface area contributed by atoms with Gasteiger partial charge in [0.15, 0.2) is 17.0 Å². The smallest absolute Gasteiger partial charge is 0.354 e. The van der Waals surface area contributed by atoms with Gasteiger partial charge in [-0.05, 0) is 0 Å². The highest BCUT2D eigenvalue weighted by Crippen LogP contribution is 2.07. The van der Waals surface area contributed by atoms with E-state index in [0.29, 0.717) is 0 Å². The van der Waals surface area contributed by atoms with E-state index in [-0.39, 0.29) is 17.0 Å². The van der Waals surface area contributed by atoms with Crippen LogP contribution >= 0.6 is 0 Å². The molecule has 15 heavy (non-hydrogen) atoms. The van der Waals surface area contributed by atoms with E-state index in [0.717, 1.165) is 10.6 Å². The maximum atomic E-state index is 10.8. The second-order valence-electron chi connectivity index (χ2n) is 2.74. The number of rotatable bonds is 2. The van der Waals surface area contributed by atoms with Crippen molar-refractivity contribution in [3.8, 4) is 0 Å². The Kier molecular flexibility index (Phi) is 1.86. The van der Waals surface area contributed by atoms with E-state index in [2.05, 4.69) is 10.1 Å². The van der Waals surface area contributed by atoms with Gasteiger partial charge in [0, 0.05) is 12.1 Å². The minimum absolute atomic E-state index is 0.187. The molecular weight excluding hydrogens is 202 g/mol. The molecule has 0 aliphatic carbocycles. The Labute approximate surface area is 82.6 Å². The highest BCUT2D eigenvalue weighted by Gasteiger charge is 2.15. The average molecular weight is 207 g/mol. The number of carboxylic acids is 2. The standard InChI is InChI=1S/C8H5N3O4/c12-7(13)4-3-5(8(14)15)11-6(10-4)1-2-9-11/h1-3H,(H,12,13)(H,14,15). The van der Waals surface area contributed by atoms with Crippen LogP contribution in [-0.2, 0) is 0 Å². The summed E-state index contributed by atoms with van der Waals surface area (Å²) < 4.78 is 1.06. The zero-order valence-corrected chi connectivity index (χ0v) is 7.28. The molecule has 2 heterocycles. The molecule has 0 bridgehead atoms. The van der Waals surface area contributed by atoms with Crippen LogP contribution in [0.15, 0.2) is 18.3 Å². The quantitative estimate of drug-likeness (QED) is 0.724. The normalized spacial score (nSPS) is 10.4. The Morgan fingerprint density at radius 2 is 2.00 bits per heavy atom. The number of fused-ring (bicyclic) bond motifs is 1. The van der Waals surface area contributed by atoms with Crippen molar-refractivity contribution in [1.29, 1.82) is 0 Å². The molecule has 0 aliphatic heterocycles. The number of aromatic nitrogens is 3. The van der Waals surface area contributed by atoms with Crippen molar-refractivity contribution >= 4 is 17.6 Å². The monoisotopic (exact) mass is 207 g/mol. The summed E-state index contributed by atoms with van der Waals surface area (Å²) in [7, 11) is 0. The van der Waals surface area contributed by atoms with Gasteiger partial charge in [-0.2, -0.15) is 5.10 Å². The molecule has 0 saturated heterocycles. The van der Waals surface area contributed by atoms with Gasteiger partial charge in [0.2, 0.25) is 0 Å². The first-order chi connectivity index (χ1) is 7.09. The van der Waals surface area contributed by atoms with E-state index >= 15 is 0 Å². The molecule has 7 nitrogen and oxygen atoms in total. The summed E-state index contributed by atoms with van der Waals surface area (Å²) in [6.07, 6.45) is 1.35. The third kappa shape index (κ3) is 1.39. The van der Waals surface area contributed by atoms with Crippen LogP contribution in [0.4, 0.5) is 0 Å². The first-order valence-electron chi connectivity index (χ1n) is 3.91. The van der Waals surface area contributed by atoms with Crippen molar-refractivity contribution < 1.29 is 19.8 Å². The molecule has 2 N–H and O–H groups in total. The number of carboxylic acid groups (broad SMARTS) is 2. The molecule has 0 saturated carbocycles. The Morgan fingerprint density at radius 3 is 2.60 bits per heavy atom. The Morgan fingerprint density at radius 1 is 1.27 bits per heavy atom. The zero-order chi connectivity index (χ0) is 11.0. The highest BCUT2D eigenvalue weighted by atomic mass is 16.4. The van der Waals surface area contributed by atoms with Gasteiger partial charge in [0.1, 0.15) is 0 Å². The van der Waals surface area contributed by atoms with Gasteiger partial charge in [-0.1, -0.05) is 0 Å². The number of hydrogen-bond donors (Lipinski definition) is 2. The van der Waals surface area contributed by atoms with Gasteiger partial charge in [-0.15, -0.1) is 0 Å². The molecule has 0 radical (unpaired) electrons. The SMILES string of the molecule is O=C(O)c1cc(C(=O)O)n2nccc2n1. The molecule has 0 fully saturated rings. The minimum atomic E-state index is -1.28. The van der Waals surface area contributed by atoms with Gasteiger partial charge in [-0.25, -0.2) is 19.1 Å². The lowest BCUT2D eigenvalue weighted by Gasteiger charge is -2.00. The predicted molar refractivity (Wildman–Crippen MR) is 46.9 cm³/mol. The summed E-state index contributed by atoms with van der Waals surface area (Å²) in [6.45, 7) is 0. The number of carbonyl (C=O) groups is 2. The van der Waals surface area contributed by atoms with Gasteiger partial charge in [0.25, 0.3) is 0 Å². The van der Waals surface area contributed by atoms with Crippen molar-refractivity contribution in [1.82, 2.24) is 14.6 Å². The van der Waals surface area contributed by atoms with Crippen molar-refractivity contribution in [2.75, 3.05) is 0 Å². The van der Waals surface area contributed by atoms with E-state index in [9.17, 15) is 9.59 Å². The fourth-order valence-electron chi connectivity index (χ4n) is 1.17. The topological polar surface area (TPSA) is 105 Å². The Bertz CT molecular complexity index is 560. The van der Waals surface area contributed by atoms with Crippen molar-refractivity contribution in [2.45, 2.75) is 0 Å². The van der Waals surface area contributed by atoms with Crippen molar-refractivity contribution in [3.05, 3.63) is 29.7 Å². The fourth-order valence-corrected chi connectivity index (χ4v) is 1.17. The molecule has 0 spiro atoms. The maximum absolute atomic E-state index is 10.8. The lowest BCUT2D eigenvalue weighted by Crippen LogP contribution is -2.11. The van der Waals surface area contributed by atoms with Crippen LogP contribution in [0, 0.1) is 0 Å². The van der Waals surface area contributed by atoms with Crippen LogP contribution in [0.25, 0.3) is 5.65 Å². The van der Waals surface area contributed by atoms with Crippen LogP contribution in [0.5, 0.6) is 0 Å². The predicted octanol–water partition coefficient (Wildman–Crippen LogP) is 0.126. The van der Waals surface area contributed by atoms with Gasteiger partial charge >= 0.3 is 11.9 Å². The number of aromatic carboxylic acids is 2. The first-order valence-corrected chi connectivity index (χ1v) is 3.91. The molecule has 2 aromatic rings. The van der Waals surface area contributed by atoms with E-state index in [1.54, 1.807) is 0 Å². The molecule has 76 valence electrons. The summed E-state index contributed by atoms with van der Waals surface area (Å²) in [5, 5.41) is 21.2. The third-order valence-electron chi connectivity index (χ3n) is 1.80. The third-order valence-corrected chi connectivity index (χ3v) is 1.80. The van der Waals surface area contributed by atoms with E-state index in [1.807, 2.05) is 0 Å². The maximum Gasteiger partial charge on any atom is 0.354 e. The average Bonchev–Trinajstić information content (AvgIpc) is 2.62. The van der Waals surface area contributed by atoms with Crippen LogP contribution in [0.1, 0.15) is 21.0 Å². The minimum Gasteiger partial charge on any atom is -0.477 e. The lowest BCUT2D eigenvalue weighted by atomic mass is 10.3. The number of hydrogen-bond acceptors (Lipinski definition) is 4. The molecule has 7 heteroatoms. The largest absolute Gasteiger partial charge is 0.477 e. The van der Waals surface area contributed by atoms with E-state index < -0.39 is 11.9 Å². The van der Waals surface area contributed by atoms with Gasteiger partial charge < -0.3 is 10.2 Å². The fraction of sp³-hybridized carbons (Fsp3) is 0. The van der Waals surface area contributed by atoms with Crippen LogP contribution in [0.3, 0.4) is 0 Å². The van der Waals surface area contributed by atoms with E-state index in [1.165, 1.54) is 12.3 Å². The summed E-state index contributed by atoms with van der Waals surface area (Å²) in [5.74, 6) is -2.53. The van der Waals surface area contributed by atoms with Crippen molar-refractivity contribution in [2.24, 2.45) is 0 Å². The number of nitrogens with zero attached hydrogens (tertiary/aromatic N) is 3. The van der Waals surface area contributed by atoms with Gasteiger partial charge in [0.05, 0.1) is 6.20 Å². The van der Waals surface area contributed by atoms with Gasteiger partial charge in [-0.3, -0.25) is 0 Å². The molecule has 0 unspecified atom stereocenters. The summed E-state index contributed by atoms with van der Waals surface area (Å²) in [6, 6.07) is 2.39. The van der Waals surface area contributed by atoms with Crippen LogP contribution < -0.4 is 0 Å². The second-order valence-corrected chi connectivity index (χ2v) is 2.74.